The Morgan fingerprint density at radius 2 is 2.33 bits per heavy atom. The third-order valence-corrected chi connectivity index (χ3v) is 2.69. The zero-order valence-corrected chi connectivity index (χ0v) is 8.94. The number of aliphatic hydroxyl groups is 1. The molecule has 0 spiro atoms. The fourth-order valence-corrected chi connectivity index (χ4v) is 1.81. The van der Waals surface area contributed by atoms with E-state index in [1.54, 1.807) is 6.92 Å². The number of nitrogens with zero attached hydrogens (tertiary/aromatic N) is 2. The number of aliphatic hydroxyl groups excluding tert-OH is 1. The molecule has 15 heavy (non-hydrogen) atoms. The van der Waals surface area contributed by atoms with E-state index >= 15 is 0 Å². The van der Waals surface area contributed by atoms with E-state index in [1.165, 1.54) is 19.3 Å². The lowest BCUT2D eigenvalue weighted by molar-refractivity contribution is 0.151. The topological polar surface area (TPSA) is 71.2 Å². The van der Waals surface area contributed by atoms with Crippen LogP contribution in [0.4, 0.5) is 0 Å². The molecule has 2 heterocycles. The average molecular weight is 211 g/mol. The van der Waals surface area contributed by atoms with Crippen LogP contribution in [0.5, 0.6) is 0 Å². The van der Waals surface area contributed by atoms with Gasteiger partial charge >= 0.3 is 0 Å². The normalized spacial score (nSPS) is 24.8. The van der Waals surface area contributed by atoms with E-state index in [0.717, 1.165) is 13.0 Å². The molecular weight excluding hydrogens is 194 g/mol. The van der Waals surface area contributed by atoms with Crippen molar-refractivity contribution in [2.75, 3.05) is 6.54 Å². The van der Waals surface area contributed by atoms with Gasteiger partial charge in [-0.25, -0.2) is 0 Å². The highest BCUT2D eigenvalue weighted by Crippen LogP contribution is 2.21. The van der Waals surface area contributed by atoms with Crippen molar-refractivity contribution in [1.29, 1.82) is 0 Å². The van der Waals surface area contributed by atoms with Crippen molar-refractivity contribution in [2.45, 2.75) is 44.8 Å². The molecule has 2 atom stereocenters. The summed E-state index contributed by atoms with van der Waals surface area (Å²) in [6.45, 7) is 2.63. The lowest BCUT2D eigenvalue weighted by Crippen LogP contribution is -2.21. The van der Waals surface area contributed by atoms with Crippen LogP contribution >= 0.6 is 0 Å². The van der Waals surface area contributed by atoms with E-state index in [9.17, 15) is 5.11 Å². The Morgan fingerprint density at radius 3 is 3.07 bits per heavy atom. The summed E-state index contributed by atoms with van der Waals surface area (Å²) in [5.41, 5.74) is 0. The highest BCUT2D eigenvalue weighted by Gasteiger charge is 2.20. The largest absolute Gasteiger partial charge is 0.384 e. The Bertz CT molecular complexity index is 303. The van der Waals surface area contributed by atoms with Crippen LogP contribution in [-0.2, 0) is 0 Å². The van der Waals surface area contributed by atoms with E-state index < -0.39 is 6.10 Å². The van der Waals surface area contributed by atoms with Crippen LogP contribution in [-0.4, -0.2) is 21.8 Å². The molecule has 5 heteroatoms. The van der Waals surface area contributed by atoms with E-state index in [-0.39, 0.29) is 6.04 Å². The van der Waals surface area contributed by atoms with Crippen molar-refractivity contribution < 1.29 is 9.63 Å². The zero-order valence-electron chi connectivity index (χ0n) is 8.94. The molecule has 1 fully saturated rings. The van der Waals surface area contributed by atoms with Crippen molar-refractivity contribution in [3.05, 3.63) is 11.7 Å². The first-order chi connectivity index (χ1) is 7.27. The van der Waals surface area contributed by atoms with E-state index in [1.807, 2.05) is 0 Å². The van der Waals surface area contributed by atoms with Crippen molar-refractivity contribution in [3.8, 4) is 0 Å². The van der Waals surface area contributed by atoms with Crippen LogP contribution in [0.1, 0.15) is 56.5 Å². The predicted octanol–water partition coefficient (Wildman–Crippen LogP) is 1.33. The third kappa shape index (κ3) is 2.54. The van der Waals surface area contributed by atoms with Crippen molar-refractivity contribution in [3.63, 3.8) is 0 Å². The zero-order chi connectivity index (χ0) is 10.7. The molecule has 0 aromatic carbocycles. The third-order valence-electron chi connectivity index (χ3n) is 2.69. The van der Waals surface area contributed by atoms with Gasteiger partial charge in [-0.3, -0.25) is 0 Å². The number of hydrogen-bond donors (Lipinski definition) is 2. The van der Waals surface area contributed by atoms with Gasteiger partial charge < -0.3 is 14.9 Å². The molecule has 84 valence electrons. The van der Waals surface area contributed by atoms with E-state index in [0.29, 0.717) is 11.7 Å². The minimum atomic E-state index is -0.683. The summed E-state index contributed by atoms with van der Waals surface area (Å²) in [5.74, 6) is 0.976. The first-order valence-electron chi connectivity index (χ1n) is 5.52. The highest BCUT2D eigenvalue weighted by molar-refractivity contribution is 4.96. The van der Waals surface area contributed by atoms with Crippen molar-refractivity contribution in [1.82, 2.24) is 15.5 Å². The number of aromatic nitrogens is 2. The van der Waals surface area contributed by atoms with Gasteiger partial charge in [-0.2, -0.15) is 4.98 Å². The highest BCUT2D eigenvalue weighted by atomic mass is 16.5. The van der Waals surface area contributed by atoms with Gasteiger partial charge in [0.25, 0.3) is 5.89 Å². The molecule has 1 aromatic rings. The van der Waals surface area contributed by atoms with Gasteiger partial charge in [-0.1, -0.05) is 18.0 Å². The Morgan fingerprint density at radius 1 is 1.47 bits per heavy atom. The monoisotopic (exact) mass is 211 g/mol. The fraction of sp³-hybridized carbons (Fsp3) is 0.800. The molecule has 0 bridgehead atoms. The quantitative estimate of drug-likeness (QED) is 0.772. The molecule has 5 nitrogen and oxygen atoms in total. The predicted molar refractivity (Wildman–Crippen MR) is 54.1 cm³/mol. The molecule has 1 saturated heterocycles. The maximum atomic E-state index is 9.27. The minimum absolute atomic E-state index is 0.184. The SMILES string of the molecule is C[C@H](O)c1nc(C2CCCCCN2)no1. The molecule has 2 rings (SSSR count). The summed E-state index contributed by atoms with van der Waals surface area (Å²) in [7, 11) is 0. The molecule has 1 aromatic heterocycles. The maximum Gasteiger partial charge on any atom is 0.255 e. The summed E-state index contributed by atoms with van der Waals surface area (Å²) in [4.78, 5) is 4.18. The van der Waals surface area contributed by atoms with Crippen LogP contribution in [0.2, 0.25) is 0 Å². The Hall–Kier alpha value is -0.940. The van der Waals surface area contributed by atoms with Gasteiger partial charge in [0.15, 0.2) is 5.82 Å². The summed E-state index contributed by atoms with van der Waals surface area (Å²) in [6.07, 6.45) is 4.01. The molecular formula is C10H17N3O2. The minimum Gasteiger partial charge on any atom is -0.384 e. The standard InChI is InChI=1S/C10H17N3O2/c1-7(14)10-12-9(13-15-10)8-5-3-2-4-6-11-8/h7-8,11,14H,2-6H2,1H3/t7-,8?/m0/s1. The molecule has 2 N–H and O–H groups in total. The second-order valence-corrected chi connectivity index (χ2v) is 4.02. The van der Waals surface area contributed by atoms with Crippen LogP contribution in [0.25, 0.3) is 0 Å². The lowest BCUT2D eigenvalue weighted by Gasteiger charge is -2.09. The van der Waals surface area contributed by atoms with Crippen molar-refractivity contribution >= 4 is 0 Å². The second kappa shape index (κ2) is 4.72. The smallest absolute Gasteiger partial charge is 0.255 e. The molecule has 0 radical (unpaired) electrons. The summed E-state index contributed by atoms with van der Waals surface area (Å²) < 4.78 is 4.97. The second-order valence-electron chi connectivity index (χ2n) is 4.02. The Balaban J connectivity index is 2.06. The van der Waals surface area contributed by atoms with Crippen LogP contribution < -0.4 is 5.32 Å². The molecule has 1 aliphatic heterocycles. The van der Waals surface area contributed by atoms with Gasteiger partial charge in [0, 0.05) is 0 Å². The summed E-state index contributed by atoms with van der Waals surface area (Å²) in [6, 6.07) is 0.184. The number of rotatable bonds is 2. The number of hydrogen-bond acceptors (Lipinski definition) is 5. The van der Waals surface area contributed by atoms with Crippen molar-refractivity contribution in [2.24, 2.45) is 0 Å². The summed E-state index contributed by atoms with van der Waals surface area (Å²) in [5, 5.41) is 16.6. The maximum absolute atomic E-state index is 9.27. The lowest BCUT2D eigenvalue weighted by atomic mass is 10.1. The van der Waals surface area contributed by atoms with Gasteiger partial charge in [0.1, 0.15) is 6.10 Å². The molecule has 1 unspecified atom stereocenters. The first-order valence-corrected chi connectivity index (χ1v) is 5.52. The van der Waals surface area contributed by atoms with Crippen LogP contribution in [0.3, 0.4) is 0 Å². The fourth-order valence-electron chi connectivity index (χ4n) is 1.81. The van der Waals surface area contributed by atoms with E-state index in [4.69, 9.17) is 4.52 Å². The first kappa shape index (κ1) is 10.6. The van der Waals surface area contributed by atoms with Crippen LogP contribution in [0, 0.1) is 0 Å². The van der Waals surface area contributed by atoms with Gasteiger partial charge in [0.05, 0.1) is 6.04 Å². The van der Waals surface area contributed by atoms with Gasteiger partial charge in [-0.15, -0.1) is 0 Å². The van der Waals surface area contributed by atoms with E-state index in [2.05, 4.69) is 15.5 Å². The van der Waals surface area contributed by atoms with Gasteiger partial charge in [0.2, 0.25) is 0 Å². The number of nitrogens with one attached hydrogen (secondary N) is 1. The Labute approximate surface area is 88.9 Å². The average Bonchev–Trinajstić information content (AvgIpc) is 2.55. The molecule has 0 saturated carbocycles. The molecule has 1 aliphatic rings. The van der Waals surface area contributed by atoms with Crippen LogP contribution in [0.15, 0.2) is 4.52 Å². The molecule has 0 aliphatic carbocycles. The van der Waals surface area contributed by atoms with Gasteiger partial charge in [-0.05, 0) is 26.3 Å². The molecule has 0 amide bonds. The Kier molecular flexibility index (Phi) is 3.33. The summed E-state index contributed by atoms with van der Waals surface area (Å²) >= 11 is 0.